The van der Waals surface area contributed by atoms with Crippen molar-refractivity contribution < 1.29 is 9.59 Å². The number of hydrogen-bond acceptors (Lipinski definition) is 3. The van der Waals surface area contributed by atoms with Gasteiger partial charge < -0.3 is 10.2 Å². The molecule has 2 heterocycles. The highest BCUT2D eigenvalue weighted by atomic mass is 16.2. The Labute approximate surface area is 153 Å². The number of aryl methyl sites for hydroxylation is 1. The molecule has 136 valence electrons. The SMILES string of the molecule is CN(Cc1n[nH]c2c1CCCCC2)C(=O)CC1NC(=O)c2ccccc21. The van der Waals surface area contributed by atoms with Crippen molar-refractivity contribution >= 4 is 11.8 Å². The van der Waals surface area contributed by atoms with Gasteiger partial charge in [0.1, 0.15) is 0 Å². The lowest BCUT2D eigenvalue weighted by Crippen LogP contribution is -2.31. The first kappa shape index (κ1) is 16.8. The first-order valence-electron chi connectivity index (χ1n) is 9.32. The Bertz CT molecular complexity index is 842. The van der Waals surface area contributed by atoms with Crippen LogP contribution < -0.4 is 5.32 Å². The van der Waals surface area contributed by atoms with Gasteiger partial charge in [-0.3, -0.25) is 14.7 Å². The van der Waals surface area contributed by atoms with Gasteiger partial charge in [-0.15, -0.1) is 0 Å². The zero-order valence-corrected chi connectivity index (χ0v) is 15.0. The Balaban J connectivity index is 1.43. The van der Waals surface area contributed by atoms with Gasteiger partial charge in [0.2, 0.25) is 5.91 Å². The number of nitrogens with one attached hydrogen (secondary N) is 2. The number of carbonyl (C=O) groups excluding carboxylic acids is 2. The highest BCUT2D eigenvalue weighted by Gasteiger charge is 2.30. The standard InChI is InChI=1S/C20H24N4O2/c1-24(12-18-15-9-3-2-4-10-16(15)22-23-18)19(25)11-17-13-7-5-6-8-14(13)20(26)21-17/h5-8,17H,2-4,9-12H2,1H3,(H,21,26)(H,22,23). The van der Waals surface area contributed by atoms with Gasteiger partial charge >= 0.3 is 0 Å². The minimum absolute atomic E-state index is 0.0115. The van der Waals surface area contributed by atoms with Crippen LogP contribution in [0.5, 0.6) is 0 Å². The number of H-pyrrole nitrogens is 1. The van der Waals surface area contributed by atoms with Crippen molar-refractivity contribution in [3.63, 3.8) is 0 Å². The summed E-state index contributed by atoms with van der Waals surface area (Å²) in [6.45, 7) is 0.507. The number of nitrogens with zero attached hydrogens (tertiary/aromatic N) is 2. The van der Waals surface area contributed by atoms with Crippen LogP contribution in [0.3, 0.4) is 0 Å². The Morgan fingerprint density at radius 2 is 2.04 bits per heavy atom. The molecule has 1 unspecified atom stereocenters. The normalized spacial score (nSPS) is 18.7. The van der Waals surface area contributed by atoms with E-state index in [0.717, 1.165) is 24.1 Å². The fraction of sp³-hybridized carbons (Fsp3) is 0.450. The molecule has 0 radical (unpaired) electrons. The van der Waals surface area contributed by atoms with E-state index in [2.05, 4.69) is 15.5 Å². The predicted molar refractivity (Wildman–Crippen MR) is 97.6 cm³/mol. The molecule has 6 heteroatoms. The van der Waals surface area contributed by atoms with E-state index < -0.39 is 0 Å². The number of benzene rings is 1. The van der Waals surface area contributed by atoms with Crippen LogP contribution in [0.4, 0.5) is 0 Å². The molecule has 1 aliphatic heterocycles. The zero-order valence-electron chi connectivity index (χ0n) is 15.0. The lowest BCUT2D eigenvalue weighted by molar-refractivity contribution is -0.131. The summed E-state index contributed by atoms with van der Waals surface area (Å²) in [6, 6.07) is 7.22. The minimum Gasteiger partial charge on any atom is -0.345 e. The second-order valence-corrected chi connectivity index (χ2v) is 7.26. The molecule has 0 saturated carbocycles. The number of rotatable bonds is 4. The second-order valence-electron chi connectivity index (χ2n) is 7.26. The van der Waals surface area contributed by atoms with E-state index in [1.165, 1.54) is 30.5 Å². The summed E-state index contributed by atoms with van der Waals surface area (Å²) in [5, 5.41) is 10.5. The van der Waals surface area contributed by atoms with E-state index in [9.17, 15) is 9.59 Å². The van der Waals surface area contributed by atoms with Crippen LogP contribution in [0.2, 0.25) is 0 Å². The van der Waals surface area contributed by atoms with E-state index >= 15 is 0 Å². The van der Waals surface area contributed by atoms with Crippen molar-refractivity contribution in [3.05, 3.63) is 52.3 Å². The van der Waals surface area contributed by atoms with Crippen molar-refractivity contribution in [1.82, 2.24) is 20.4 Å². The first-order chi connectivity index (χ1) is 12.6. The van der Waals surface area contributed by atoms with Gasteiger partial charge in [-0.25, -0.2) is 0 Å². The third-order valence-corrected chi connectivity index (χ3v) is 5.47. The van der Waals surface area contributed by atoms with Crippen molar-refractivity contribution in [3.8, 4) is 0 Å². The van der Waals surface area contributed by atoms with Gasteiger partial charge in [0.25, 0.3) is 5.91 Å². The van der Waals surface area contributed by atoms with Crippen molar-refractivity contribution in [1.29, 1.82) is 0 Å². The fourth-order valence-electron chi connectivity index (χ4n) is 3.98. The van der Waals surface area contributed by atoms with Gasteiger partial charge in [0, 0.05) is 18.3 Å². The average Bonchev–Trinajstić information content (AvgIpc) is 3.06. The molecule has 2 aliphatic rings. The van der Waals surface area contributed by atoms with E-state index in [1.54, 1.807) is 11.0 Å². The summed E-state index contributed by atoms with van der Waals surface area (Å²) in [5.41, 5.74) is 5.09. The van der Waals surface area contributed by atoms with Crippen LogP contribution in [0.15, 0.2) is 24.3 Å². The molecule has 2 N–H and O–H groups in total. The third kappa shape index (κ3) is 3.11. The number of carbonyl (C=O) groups is 2. The summed E-state index contributed by atoms with van der Waals surface area (Å²) in [5.74, 6) is -0.0870. The Morgan fingerprint density at radius 3 is 2.92 bits per heavy atom. The molecule has 1 atom stereocenters. The fourth-order valence-corrected chi connectivity index (χ4v) is 3.98. The smallest absolute Gasteiger partial charge is 0.252 e. The van der Waals surface area contributed by atoms with Crippen molar-refractivity contribution in [2.45, 2.75) is 51.1 Å². The maximum absolute atomic E-state index is 12.7. The quantitative estimate of drug-likeness (QED) is 0.830. The molecule has 26 heavy (non-hydrogen) atoms. The van der Waals surface area contributed by atoms with E-state index in [4.69, 9.17) is 0 Å². The number of aromatic nitrogens is 2. The van der Waals surface area contributed by atoms with Crippen molar-refractivity contribution in [2.75, 3.05) is 7.05 Å². The van der Waals surface area contributed by atoms with Gasteiger partial charge in [-0.05, 0) is 42.9 Å². The molecule has 0 bridgehead atoms. The maximum Gasteiger partial charge on any atom is 0.252 e. The maximum atomic E-state index is 12.7. The molecule has 1 aromatic heterocycles. The number of aromatic amines is 1. The molecule has 1 aliphatic carbocycles. The summed E-state index contributed by atoms with van der Waals surface area (Å²) < 4.78 is 0. The number of fused-ring (bicyclic) bond motifs is 2. The second kappa shape index (κ2) is 6.94. The molecule has 2 aromatic rings. The van der Waals surface area contributed by atoms with Gasteiger partial charge in [-0.1, -0.05) is 24.6 Å². The van der Waals surface area contributed by atoms with Gasteiger partial charge in [0.05, 0.1) is 24.7 Å². The van der Waals surface area contributed by atoms with Crippen LogP contribution in [-0.2, 0) is 24.2 Å². The topological polar surface area (TPSA) is 78.1 Å². The number of hydrogen-bond donors (Lipinski definition) is 2. The van der Waals surface area contributed by atoms with Crippen LogP contribution in [0.25, 0.3) is 0 Å². The summed E-state index contributed by atoms with van der Waals surface area (Å²) in [6.07, 6.45) is 5.98. The largest absolute Gasteiger partial charge is 0.345 e. The molecule has 6 nitrogen and oxygen atoms in total. The molecule has 4 rings (SSSR count). The third-order valence-electron chi connectivity index (χ3n) is 5.47. The van der Waals surface area contributed by atoms with Crippen LogP contribution in [0, 0.1) is 0 Å². The molecule has 0 spiro atoms. The molecule has 0 saturated heterocycles. The Kier molecular flexibility index (Phi) is 4.49. The average molecular weight is 352 g/mol. The highest BCUT2D eigenvalue weighted by molar-refractivity contribution is 5.99. The summed E-state index contributed by atoms with van der Waals surface area (Å²) in [4.78, 5) is 26.5. The van der Waals surface area contributed by atoms with Crippen molar-refractivity contribution in [2.24, 2.45) is 0 Å². The van der Waals surface area contributed by atoms with Crippen LogP contribution >= 0.6 is 0 Å². The Morgan fingerprint density at radius 1 is 1.23 bits per heavy atom. The summed E-state index contributed by atoms with van der Waals surface area (Å²) >= 11 is 0. The molecule has 2 amide bonds. The highest BCUT2D eigenvalue weighted by Crippen LogP contribution is 2.28. The van der Waals surface area contributed by atoms with E-state index in [-0.39, 0.29) is 24.3 Å². The molecular weight excluding hydrogens is 328 g/mol. The van der Waals surface area contributed by atoms with E-state index in [1.807, 2.05) is 25.2 Å². The lowest BCUT2D eigenvalue weighted by atomic mass is 10.0. The van der Waals surface area contributed by atoms with E-state index in [0.29, 0.717) is 12.1 Å². The van der Waals surface area contributed by atoms with Crippen LogP contribution in [0.1, 0.15) is 64.6 Å². The monoisotopic (exact) mass is 352 g/mol. The Hall–Kier alpha value is -2.63. The van der Waals surface area contributed by atoms with Gasteiger partial charge in [0.15, 0.2) is 0 Å². The summed E-state index contributed by atoms with van der Waals surface area (Å²) in [7, 11) is 1.81. The van der Waals surface area contributed by atoms with Gasteiger partial charge in [-0.2, -0.15) is 5.10 Å². The molecule has 0 fully saturated rings. The number of amides is 2. The molecule has 1 aromatic carbocycles. The minimum atomic E-state index is -0.245. The van der Waals surface area contributed by atoms with Crippen LogP contribution in [-0.4, -0.2) is 34.0 Å². The predicted octanol–water partition coefficient (Wildman–Crippen LogP) is 2.51. The lowest BCUT2D eigenvalue weighted by Gasteiger charge is -2.19. The zero-order chi connectivity index (χ0) is 18.1. The first-order valence-corrected chi connectivity index (χ1v) is 9.32. The molecular formula is C20H24N4O2.